The van der Waals surface area contributed by atoms with Gasteiger partial charge in [0.15, 0.2) is 0 Å². The van der Waals surface area contributed by atoms with E-state index in [1.165, 1.54) is 3.57 Å². The minimum absolute atomic E-state index is 0.542. The number of rotatable bonds is 3. The summed E-state index contributed by atoms with van der Waals surface area (Å²) >= 11 is 11.6. The van der Waals surface area contributed by atoms with Gasteiger partial charge < -0.3 is 5.11 Å². The first kappa shape index (κ1) is 14.3. The Bertz CT molecular complexity index is 522. The molecule has 0 spiro atoms. The highest BCUT2D eigenvalue weighted by Crippen LogP contribution is 2.26. The molecule has 1 N–H and O–H groups in total. The lowest BCUT2D eigenvalue weighted by Gasteiger charge is -2.12. The fraction of sp³-hybridized carbons (Fsp3) is 0.143. The molecular formula is C14H11BrClIO. The zero-order valence-corrected chi connectivity index (χ0v) is 13.9. The average molecular weight is 438 g/mol. The molecule has 0 bridgehead atoms. The van der Waals surface area contributed by atoms with E-state index in [1.807, 2.05) is 36.4 Å². The Balaban J connectivity index is 2.16. The lowest BCUT2D eigenvalue weighted by atomic mass is 10.0. The molecule has 0 aliphatic carbocycles. The lowest BCUT2D eigenvalue weighted by molar-refractivity contribution is 0.178. The molecular weight excluding hydrogens is 426 g/mol. The minimum atomic E-state index is -0.542. The van der Waals surface area contributed by atoms with Crippen LogP contribution >= 0.6 is 50.1 Å². The van der Waals surface area contributed by atoms with E-state index >= 15 is 0 Å². The molecule has 2 aromatic carbocycles. The topological polar surface area (TPSA) is 20.2 Å². The van der Waals surface area contributed by atoms with Gasteiger partial charge in [-0.05, 0) is 64.0 Å². The van der Waals surface area contributed by atoms with Crippen LogP contribution in [0, 0.1) is 3.57 Å². The fourth-order valence-electron chi connectivity index (χ4n) is 1.73. The molecule has 0 aromatic heterocycles. The average Bonchev–Trinajstić information content (AvgIpc) is 2.31. The summed E-state index contributed by atoms with van der Waals surface area (Å²) in [5.74, 6) is 0. The molecule has 1 atom stereocenters. The zero-order valence-electron chi connectivity index (χ0n) is 9.41. The van der Waals surface area contributed by atoms with Crippen LogP contribution in [0.1, 0.15) is 17.2 Å². The van der Waals surface area contributed by atoms with Crippen LogP contribution in [0.4, 0.5) is 0 Å². The van der Waals surface area contributed by atoms with E-state index in [-0.39, 0.29) is 0 Å². The Labute approximate surface area is 133 Å². The van der Waals surface area contributed by atoms with Crippen LogP contribution in [0.15, 0.2) is 46.9 Å². The molecule has 0 aliphatic rings. The van der Waals surface area contributed by atoms with Gasteiger partial charge in [0.1, 0.15) is 0 Å². The maximum absolute atomic E-state index is 10.2. The normalized spacial score (nSPS) is 12.4. The molecule has 94 valence electrons. The highest BCUT2D eigenvalue weighted by atomic mass is 127. The summed E-state index contributed by atoms with van der Waals surface area (Å²) in [6.07, 6.45) is 0.0454. The molecule has 2 rings (SSSR count). The van der Waals surface area contributed by atoms with Crippen LogP contribution in [-0.2, 0) is 6.42 Å². The highest BCUT2D eigenvalue weighted by molar-refractivity contribution is 14.1. The summed E-state index contributed by atoms with van der Waals surface area (Å²) in [6.45, 7) is 0. The summed E-state index contributed by atoms with van der Waals surface area (Å²) < 4.78 is 2.07. The van der Waals surface area contributed by atoms with Gasteiger partial charge >= 0.3 is 0 Å². The van der Waals surface area contributed by atoms with Crippen molar-refractivity contribution in [2.45, 2.75) is 12.5 Å². The maximum Gasteiger partial charge on any atom is 0.0831 e. The molecule has 0 aliphatic heterocycles. The molecule has 4 heteroatoms. The van der Waals surface area contributed by atoms with Crippen LogP contribution in [0.3, 0.4) is 0 Å². The van der Waals surface area contributed by atoms with Gasteiger partial charge in [0.05, 0.1) is 6.10 Å². The largest absolute Gasteiger partial charge is 0.388 e. The summed E-state index contributed by atoms with van der Waals surface area (Å²) in [4.78, 5) is 0. The second-order valence-electron chi connectivity index (χ2n) is 4.05. The van der Waals surface area contributed by atoms with Crippen molar-refractivity contribution >= 4 is 50.1 Å². The number of hydrogen-bond donors (Lipinski definition) is 1. The maximum atomic E-state index is 10.2. The van der Waals surface area contributed by atoms with Gasteiger partial charge in [-0.3, -0.25) is 0 Å². The van der Waals surface area contributed by atoms with E-state index in [2.05, 4.69) is 38.5 Å². The Kier molecular flexibility index (Phi) is 5.06. The second kappa shape index (κ2) is 6.37. The van der Waals surface area contributed by atoms with Gasteiger partial charge in [-0.15, -0.1) is 0 Å². The summed E-state index contributed by atoms with van der Waals surface area (Å²) in [5, 5.41) is 10.8. The van der Waals surface area contributed by atoms with E-state index in [4.69, 9.17) is 11.6 Å². The second-order valence-corrected chi connectivity index (χ2v) is 6.65. The predicted octanol–water partition coefficient (Wildman–Crippen LogP) is 4.98. The SMILES string of the molecule is OC(Cc1ccc(I)cc1)c1cc(Cl)cc(Br)c1. The molecule has 0 amide bonds. The van der Waals surface area contributed by atoms with Crippen LogP contribution in [0.2, 0.25) is 5.02 Å². The van der Waals surface area contributed by atoms with E-state index in [9.17, 15) is 5.11 Å². The van der Waals surface area contributed by atoms with E-state index < -0.39 is 6.10 Å². The Hall–Kier alpha value is -0.100. The van der Waals surface area contributed by atoms with Crippen molar-refractivity contribution in [3.63, 3.8) is 0 Å². The van der Waals surface area contributed by atoms with Gasteiger partial charge in [0, 0.05) is 19.5 Å². The van der Waals surface area contributed by atoms with Crippen LogP contribution in [0.25, 0.3) is 0 Å². The monoisotopic (exact) mass is 436 g/mol. The number of benzene rings is 2. The molecule has 0 radical (unpaired) electrons. The first-order chi connectivity index (χ1) is 8.54. The van der Waals surface area contributed by atoms with Crippen LogP contribution < -0.4 is 0 Å². The molecule has 0 heterocycles. The fourth-order valence-corrected chi connectivity index (χ4v) is 2.98. The van der Waals surface area contributed by atoms with Crippen molar-refractivity contribution in [2.75, 3.05) is 0 Å². The zero-order chi connectivity index (χ0) is 13.1. The first-order valence-corrected chi connectivity index (χ1v) is 7.68. The summed E-state index contributed by atoms with van der Waals surface area (Å²) in [6, 6.07) is 13.6. The highest BCUT2D eigenvalue weighted by Gasteiger charge is 2.10. The van der Waals surface area contributed by atoms with Crippen molar-refractivity contribution < 1.29 is 5.11 Å². The van der Waals surface area contributed by atoms with E-state index in [0.717, 1.165) is 15.6 Å². The summed E-state index contributed by atoms with van der Waals surface area (Å²) in [7, 11) is 0. The molecule has 2 aromatic rings. The van der Waals surface area contributed by atoms with Gasteiger partial charge in [0.2, 0.25) is 0 Å². The Morgan fingerprint density at radius 2 is 1.83 bits per heavy atom. The first-order valence-electron chi connectivity index (χ1n) is 5.43. The van der Waals surface area contributed by atoms with Gasteiger partial charge in [-0.25, -0.2) is 0 Å². The van der Waals surface area contributed by atoms with Crippen molar-refractivity contribution in [1.29, 1.82) is 0 Å². The molecule has 1 unspecified atom stereocenters. The van der Waals surface area contributed by atoms with Crippen LogP contribution in [-0.4, -0.2) is 5.11 Å². The predicted molar refractivity (Wildman–Crippen MR) is 87.0 cm³/mol. The summed E-state index contributed by atoms with van der Waals surface area (Å²) in [5.41, 5.74) is 1.94. The third kappa shape index (κ3) is 3.95. The molecule has 18 heavy (non-hydrogen) atoms. The van der Waals surface area contributed by atoms with Crippen molar-refractivity contribution in [2.24, 2.45) is 0 Å². The number of hydrogen-bond acceptors (Lipinski definition) is 1. The number of aliphatic hydroxyl groups is 1. The minimum Gasteiger partial charge on any atom is -0.388 e. The van der Waals surface area contributed by atoms with Gasteiger partial charge in [-0.1, -0.05) is 39.7 Å². The van der Waals surface area contributed by atoms with E-state index in [1.54, 1.807) is 6.07 Å². The van der Waals surface area contributed by atoms with E-state index in [0.29, 0.717) is 11.4 Å². The molecule has 0 fully saturated rings. The van der Waals surface area contributed by atoms with Crippen molar-refractivity contribution in [3.05, 3.63) is 66.7 Å². The quantitative estimate of drug-likeness (QED) is 0.672. The molecule has 0 saturated carbocycles. The lowest BCUT2D eigenvalue weighted by Crippen LogP contribution is -2.02. The number of aliphatic hydroxyl groups excluding tert-OH is 1. The number of halogens is 3. The Morgan fingerprint density at radius 3 is 2.44 bits per heavy atom. The van der Waals surface area contributed by atoms with Crippen LogP contribution in [0.5, 0.6) is 0 Å². The van der Waals surface area contributed by atoms with Gasteiger partial charge in [-0.2, -0.15) is 0 Å². The van der Waals surface area contributed by atoms with Crippen molar-refractivity contribution in [1.82, 2.24) is 0 Å². The standard InChI is InChI=1S/C14H11BrClIO/c15-11-6-10(7-12(16)8-11)14(18)5-9-1-3-13(17)4-2-9/h1-4,6-8,14,18H,5H2. The third-order valence-electron chi connectivity index (χ3n) is 2.61. The molecule has 1 nitrogen and oxygen atoms in total. The van der Waals surface area contributed by atoms with Crippen molar-refractivity contribution in [3.8, 4) is 0 Å². The molecule has 0 saturated heterocycles. The van der Waals surface area contributed by atoms with Gasteiger partial charge in [0.25, 0.3) is 0 Å². The third-order valence-corrected chi connectivity index (χ3v) is 4.01. The smallest absolute Gasteiger partial charge is 0.0831 e. The Morgan fingerprint density at radius 1 is 1.17 bits per heavy atom.